The highest BCUT2D eigenvalue weighted by atomic mass is 35.5. The fraction of sp³-hybridized carbons (Fsp3) is 0.214. The Bertz CT molecular complexity index is 499. The van der Waals surface area contributed by atoms with Gasteiger partial charge in [0.15, 0.2) is 0 Å². The van der Waals surface area contributed by atoms with E-state index >= 15 is 0 Å². The second-order valence-corrected chi connectivity index (χ2v) is 5.29. The number of nitrogens with one attached hydrogen (secondary N) is 1. The Balaban J connectivity index is 2.04. The van der Waals surface area contributed by atoms with Gasteiger partial charge in [-0.2, -0.15) is 0 Å². The third-order valence-corrected chi connectivity index (χ3v) is 3.89. The van der Waals surface area contributed by atoms with Crippen LogP contribution in [0.4, 0.5) is 0 Å². The van der Waals surface area contributed by atoms with Crippen LogP contribution in [0.15, 0.2) is 52.5 Å². The number of rotatable bonds is 5. The van der Waals surface area contributed by atoms with E-state index in [0.29, 0.717) is 5.02 Å². The van der Waals surface area contributed by atoms with Crippen molar-refractivity contribution in [1.82, 2.24) is 10.3 Å². The largest absolute Gasteiger partial charge is 0.313 e. The van der Waals surface area contributed by atoms with E-state index in [4.69, 9.17) is 11.6 Å². The Hall–Kier alpha value is -1.03. The molecule has 1 N–H and O–H groups in total. The van der Waals surface area contributed by atoms with Gasteiger partial charge in [-0.25, -0.2) is 4.98 Å². The van der Waals surface area contributed by atoms with Gasteiger partial charge in [-0.3, -0.25) is 0 Å². The lowest BCUT2D eigenvalue weighted by molar-refractivity contribution is 0.726. The van der Waals surface area contributed by atoms with E-state index in [0.717, 1.165) is 23.0 Å². The van der Waals surface area contributed by atoms with Crippen molar-refractivity contribution in [2.75, 3.05) is 6.54 Å². The molecule has 0 saturated heterocycles. The van der Waals surface area contributed by atoms with Gasteiger partial charge in [-0.1, -0.05) is 42.4 Å². The maximum absolute atomic E-state index is 6.08. The van der Waals surface area contributed by atoms with Crippen molar-refractivity contribution >= 4 is 23.4 Å². The monoisotopic (exact) mass is 278 g/mol. The molecule has 4 heteroatoms. The van der Waals surface area contributed by atoms with Crippen LogP contribution >= 0.6 is 23.4 Å². The minimum Gasteiger partial charge on any atom is -0.313 e. The summed E-state index contributed by atoms with van der Waals surface area (Å²) in [6, 6.07) is 12.1. The van der Waals surface area contributed by atoms with Crippen molar-refractivity contribution in [1.29, 1.82) is 0 Å². The van der Waals surface area contributed by atoms with Gasteiger partial charge in [0.1, 0.15) is 5.03 Å². The molecule has 0 aliphatic heterocycles. The molecule has 0 aliphatic rings. The average molecular weight is 279 g/mol. The maximum Gasteiger partial charge on any atom is 0.119 e. The molecule has 0 bridgehead atoms. The van der Waals surface area contributed by atoms with Crippen molar-refractivity contribution < 1.29 is 0 Å². The normalized spacial score (nSPS) is 10.6. The van der Waals surface area contributed by atoms with Gasteiger partial charge >= 0.3 is 0 Å². The molecule has 0 saturated carbocycles. The number of hydrogen-bond acceptors (Lipinski definition) is 3. The first-order valence-electron chi connectivity index (χ1n) is 5.87. The number of halogens is 1. The zero-order valence-electron chi connectivity index (χ0n) is 10.2. The molecule has 0 atom stereocenters. The van der Waals surface area contributed by atoms with E-state index in [1.165, 1.54) is 5.56 Å². The molecule has 0 spiro atoms. The lowest BCUT2D eigenvalue weighted by Crippen LogP contribution is -2.11. The second-order valence-electron chi connectivity index (χ2n) is 3.82. The summed E-state index contributed by atoms with van der Waals surface area (Å²) < 4.78 is 0. The Kier molecular flexibility index (Phi) is 5.05. The quantitative estimate of drug-likeness (QED) is 0.895. The molecule has 0 amide bonds. The molecule has 1 aromatic heterocycles. The van der Waals surface area contributed by atoms with Crippen LogP contribution in [0.2, 0.25) is 5.02 Å². The van der Waals surface area contributed by atoms with Gasteiger partial charge in [0, 0.05) is 17.6 Å². The number of hydrogen-bond donors (Lipinski definition) is 1. The highest BCUT2D eigenvalue weighted by molar-refractivity contribution is 7.99. The lowest BCUT2D eigenvalue weighted by Gasteiger charge is -2.05. The molecule has 2 nitrogen and oxygen atoms in total. The number of pyridine rings is 1. The summed E-state index contributed by atoms with van der Waals surface area (Å²) in [6.45, 7) is 4.00. The van der Waals surface area contributed by atoms with Gasteiger partial charge in [-0.15, -0.1) is 0 Å². The van der Waals surface area contributed by atoms with Gasteiger partial charge in [0.25, 0.3) is 0 Å². The third kappa shape index (κ3) is 3.73. The molecule has 94 valence electrons. The molecule has 0 aliphatic carbocycles. The van der Waals surface area contributed by atoms with E-state index in [1.807, 2.05) is 12.1 Å². The van der Waals surface area contributed by atoms with Crippen LogP contribution in [-0.2, 0) is 6.54 Å². The number of aromatic nitrogens is 1. The van der Waals surface area contributed by atoms with Gasteiger partial charge in [0.2, 0.25) is 0 Å². The predicted molar refractivity (Wildman–Crippen MR) is 77.2 cm³/mol. The van der Waals surface area contributed by atoms with Crippen LogP contribution in [0.3, 0.4) is 0 Å². The zero-order chi connectivity index (χ0) is 12.8. The molecule has 18 heavy (non-hydrogen) atoms. The highest BCUT2D eigenvalue weighted by Crippen LogP contribution is 2.31. The number of nitrogens with zero attached hydrogens (tertiary/aromatic N) is 1. The van der Waals surface area contributed by atoms with Crippen molar-refractivity contribution in [2.45, 2.75) is 23.4 Å². The van der Waals surface area contributed by atoms with E-state index in [9.17, 15) is 0 Å². The first-order chi connectivity index (χ1) is 8.79. The predicted octanol–water partition coefficient (Wildman–Crippen LogP) is 4.00. The Labute approximate surface area is 117 Å². The van der Waals surface area contributed by atoms with Crippen LogP contribution in [0.25, 0.3) is 0 Å². The molecule has 0 fully saturated rings. The molecule has 0 unspecified atom stereocenters. The van der Waals surface area contributed by atoms with Crippen LogP contribution in [0.5, 0.6) is 0 Å². The van der Waals surface area contributed by atoms with Crippen molar-refractivity contribution in [3.05, 3.63) is 53.2 Å². The van der Waals surface area contributed by atoms with Crippen LogP contribution in [0, 0.1) is 0 Å². The zero-order valence-corrected chi connectivity index (χ0v) is 11.8. The summed E-state index contributed by atoms with van der Waals surface area (Å²) in [7, 11) is 0. The molecular formula is C14H15ClN2S. The van der Waals surface area contributed by atoms with Gasteiger partial charge in [0.05, 0.1) is 5.02 Å². The van der Waals surface area contributed by atoms with E-state index in [1.54, 1.807) is 18.0 Å². The summed E-state index contributed by atoms with van der Waals surface area (Å²) in [6.07, 6.45) is 1.76. The Morgan fingerprint density at radius 1 is 1.22 bits per heavy atom. The van der Waals surface area contributed by atoms with E-state index in [-0.39, 0.29) is 0 Å². The summed E-state index contributed by atoms with van der Waals surface area (Å²) in [5.74, 6) is 0. The maximum atomic E-state index is 6.08. The van der Waals surface area contributed by atoms with Crippen LogP contribution < -0.4 is 5.32 Å². The summed E-state index contributed by atoms with van der Waals surface area (Å²) in [5.41, 5.74) is 1.29. The summed E-state index contributed by atoms with van der Waals surface area (Å²) in [5, 5.41) is 4.84. The second kappa shape index (κ2) is 6.78. The number of benzene rings is 1. The first kappa shape index (κ1) is 13.4. The van der Waals surface area contributed by atoms with Crippen LogP contribution in [0.1, 0.15) is 12.5 Å². The fourth-order valence-electron chi connectivity index (χ4n) is 1.50. The minimum absolute atomic E-state index is 0.694. The summed E-state index contributed by atoms with van der Waals surface area (Å²) in [4.78, 5) is 5.41. The molecule has 1 aromatic carbocycles. The Morgan fingerprint density at radius 2 is 2.00 bits per heavy atom. The van der Waals surface area contributed by atoms with Crippen molar-refractivity contribution in [3.8, 4) is 0 Å². The topological polar surface area (TPSA) is 24.9 Å². The highest BCUT2D eigenvalue weighted by Gasteiger charge is 2.03. The SMILES string of the molecule is CCNCc1ccc(Sc2ncccc2Cl)cc1. The van der Waals surface area contributed by atoms with Gasteiger partial charge in [-0.05, 0) is 36.4 Å². The lowest BCUT2D eigenvalue weighted by atomic mass is 10.2. The van der Waals surface area contributed by atoms with Crippen LogP contribution in [-0.4, -0.2) is 11.5 Å². The molecule has 2 aromatic rings. The molecule has 0 radical (unpaired) electrons. The molecular weight excluding hydrogens is 264 g/mol. The minimum atomic E-state index is 0.694. The fourth-order valence-corrected chi connectivity index (χ4v) is 2.51. The van der Waals surface area contributed by atoms with E-state index in [2.05, 4.69) is 41.5 Å². The smallest absolute Gasteiger partial charge is 0.119 e. The summed E-state index contributed by atoms with van der Waals surface area (Å²) >= 11 is 7.66. The van der Waals surface area contributed by atoms with Crippen molar-refractivity contribution in [2.24, 2.45) is 0 Å². The molecule has 2 rings (SSSR count). The average Bonchev–Trinajstić information content (AvgIpc) is 2.41. The standard InChI is InChI=1S/C14H15ClN2S/c1-2-16-10-11-5-7-12(8-6-11)18-14-13(15)4-3-9-17-14/h3-9,16H,2,10H2,1H3. The molecule has 1 heterocycles. The van der Waals surface area contributed by atoms with Gasteiger partial charge < -0.3 is 5.32 Å². The first-order valence-corrected chi connectivity index (χ1v) is 7.07. The third-order valence-electron chi connectivity index (χ3n) is 2.44. The Morgan fingerprint density at radius 3 is 2.67 bits per heavy atom. The van der Waals surface area contributed by atoms with Crippen molar-refractivity contribution in [3.63, 3.8) is 0 Å². The van der Waals surface area contributed by atoms with E-state index < -0.39 is 0 Å².